The van der Waals surface area contributed by atoms with Crippen LogP contribution in [0.1, 0.15) is 116 Å². The van der Waals surface area contributed by atoms with Crippen molar-refractivity contribution in [3.8, 4) is 0 Å². The van der Waals surface area contributed by atoms with Gasteiger partial charge in [0, 0.05) is 49.5 Å². The van der Waals surface area contributed by atoms with E-state index in [4.69, 9.17) is 22.9 Å². The van der Waals surface area contributed by atoms with Gasteiger partial charge < -0.3 is 106 Å². The maximum absolute atomic E-state index is 13.7. The van der Waals surface area contributed by atoms with Gasteiger partial charge in [-0.3, -0.25) is 47.9 Å². The van der Waals surface area contributed by atoms with Gasteiger partial charge in [-0.05, 0) is 86.4 Å². The summed E-state index contributed by atoms with van der Waals surface area (Å²) in [4.78, 5) is 170. The van der Waals surface area contributed by atoms with Crippen LogP contribution < -0.4 is 86.3 Å². The smallest absolute Gasteiger partial charge is 0.548 e. The average molecular weight is 1430 g/mol. The Morgan fingerprint density at radius 3 is 0.929 bits per heavy atom. The number of unbranched alkanes of at least 4 members (excludes halogenated alkanes) is 2. The molecular formula is C66H100CuN18O14. The van der Waals surface area contributed by atoms with E-state index in [1.807, 2.05) is 0 Å². The molecule has 0 spiro atoms. The number of benzene rings is 2. The van der Waals surface area contributed by atoms with E-state index >= 15 is 0 Å². The van der Waals surface area contributed by atoms with E-state index in [0.29, 0.717) is 61.3 Å². The summed E-state index contributed by atoms with van der Waals surface area (Å²) in [6.45, 7) is 13.3. The number of nitrogens with two attached hydrogens (primary N) is 4. The van der Waals surface area contributed by atoms with Gasteiger partial charge in [0.05, 0.1) is 49.8 Å². The van der Waals surface area contributed by atoms with Crippen molar-refractivity contribution in [1.29, 1.82) is 0 Å². The molecule has 32 nitrogen and oxygen atoms in total. The first-order valence-corrected chi connectivity index (χ1v) is 32.8. The molecule has 0 aliphatic carbocycles. The van der Waals surface area contributed by atoms with Gasteiger partial charge in [0.25, 0.3) is 0 Å². The van der Waals surface area contributed by atoms with Crippen molar-refractivity contribution in [3.63, 3.8) is 0 Å². The van der Waals surface area contributed by atoms with E-state index in [1.165, 1.54) is 25.0 Å². The normalized spacial score (nSPS) is 14.1. The average Bonchev–Trinajstić information content (AvgIpc) is 0.968. The molecule has 0 saturated carbocycles. The molecule has 4 rings (SSSR count). The van der Waals surface area contributed by atoms with Crippen LogP contribution in [0.3, 0.4) is 0 Å². The van der Waals surface area contributed by atoms with Crippen molar-refractivity contribution in [2.24, 2.45) is 46.6 Å². The number of hydrogen-bond donors (Lipinski definition) is 16. The van der Waals surface area contributed by atoms with Gasteiger partial charge in [0.2, 0.25) is 59.1 Å². The molecule has 2 aromatic carbocycles. The number of nitrogens with one attached hydrogen (secondary N) is 12. The SMILES string of the molecule is CC(C)[C@H](NC(=O)[C@H](Cc1ccccc1)NC(=O)[C@@H](NC(=O)[C@H](CCCCN)NC(=O)[C@H](Cc1cnc[nH]1)NC(=O)CN)C(C)C)C(=O)[O-].CC(C)[C@H](NC(=O)[C@H](Cc1ccccc1)NC(=O)[C@@H](NC(=O)[C@H](CCCCN)NC(=O)[C@H](Cc1cnc[nH]1)NC(=O)CN)C(C)C)C(=O)[O-].[Cu+2]. The minimum atomic E-state index is -1.46. The van der Waals surface area contributed by atoms with Crippen molar-refractivity contribution >= 4 is 71.0 Å². The molecule has 10 amide bonds. The molecule has 99 heavy (non-hydrogen) atoms. The molecule has 33 heteroatoms. The first kappa shape index (κ1) is 85.9. The Kier molecular flexibility index (Phi) is 39.5. The predicted octanol–water partition coefficient (Wildman–Crippen LogP) is -4.47. The van der Waals surface area contributed by atoms with Gasteiger partial charge >= 0.3 is 17.1 Å². The topological polar surface area (TPSA) is 533 Å². The molecule has 549 valence electrons. The van der Waals surface area contributed by atoms with Crippen LogP contribution in [0.5, 0.6) is 0 Å². The second-order valence-corrected chi connectivity index (χ2v) is 25.0. The molecule has 0 unspecified atom stereocenters. The molecule has 4 aromatic rings. The first-order valence-electron chi connectivity index (χ1n) is 32.8. The largest absolute Gasteiger partial charge is 2.00 e. The third-order valence-electron chi connectivity index (χ3n) is 15.6. The Morgan fingerprint density at radius 1 is 0.374 bits per heavy atom. The van der Waals surface area contributed by atoms with Gasteiger partial charge in [-0.25, -0.2) is 9.97 Å². The predicted molar refractivity (Wildman–Crippen MR) is 357 cm³/mol. The zero-order valence-corrected chi connectivity index (χ0v) is 58.2. The standard InChI is InChI=1S/2C33H51N9O7.Cu/c2*1-19(2)27(32(47)40-24(14-21-10-6-5-7-11-21)31(46)42-28(20(3)4)33(48)49)41-29(44)23(12-8-9-13-34)39-30(45)25(38-26(43)16-35)15-22-17-36-18-37-22;/h2*5-7,10-11,17-20,23-25,27-28H,8-9,12-16,34-35H2,1-4H3,(H,36,37)(H,38,43)(H,39,45)(H,40,47)(H,41,44)(H,42,46)(H,48,49);/q;;+2/p-2/t2*23-,24-,25-,27-,28-;/m00./s1. The summed E-state index contributed by atoms with van der Waals surface area (Å²) in [5.74, 6) is -11.4. The fraction of sp³-hybridized carbons (Fsp3) is 0.545. The summed E-state index contributed by atoms with van der Waals surface area (Å²) in [6, 6.07) is 6.04. The van der Waals surface area contributed by atoms with E-state index in [0.717, 1.165) is 0 Å². The number of rotatable bonds is 42. The van der Waals surface area contributed by atoms with Crippen LogP contribution in [0.25, 0.3) is 0 Å². The molecule has 20 N–H and O–H groups in total. The number of carboxylic acid groups (broad SMARTS) is 2. The number of carboxylic acids is 2. The second-order valence-electron chi connectivity index (χ2n) is 25.0. The van der Waals surface area contributed by atoms with Crippen molar-refractivity contribution in [1.82, 2.24) is 73.1 Å². The van der Waals surface area contributed by atoms with Crippen molar-refractivity contribution < 1.29 is 84.8 Å². The monoisotopic (exact) mass is 1430 g/mol. The summed E-state index contributed by atoms with van der Waals surface area (Å²) < 4.78 is 0. The van der Waals surface area contributed by atoms with Gasteiger partial charge in [-0.2, -0.15) is 0 Å². The van der Waals surface area contributed by atoms with Gasteiger partial charge in [-0.15, -0.1) is 0 Å². The molecular weight excluding hydrogens is 1330 g/mol. The molecule has 0 aliphatic rings. The van der Waals surface area contributed by atoms with Crippen LogP contribution in [0.4, 0.5) is 0 Å². The summed E-state index contributed by atoms with van der Waals surface area (Å²) in [6.07, 6.45) is 8.47. The Morgan fingerprint density at radius 2 is 0.657 bits per heavy atom. The fourth-order valence-corrected chi connectivity index (χ4v) is 9.95. The molecule has 2 aromatic heterocycles. The van der Waals surface area contributed by atoms with E-state index in [-0.39, 0.29) is 68.7 Å². The van der Waals surface area contributed by atoms with E-state index in [9.17, 15) is 67.7 Å². The zero-order valence-electron chi connectivity index (χ0n) is 57.3. The van der Waals surface area contributed by atoms with Crippen LogP contribution in [-0.2, 0) is 100 Å². The summed E-state index contributed by atoms with van der Waals surface area (Å²) in [5.41, 5.74) is 24.7. The van der Waals surface area contributed by atoms with Crippen LogP contribution in [0.15, 0.2) is 85.7 Å². The fourth-order valence-electron chi connectivity index (χ4n) is 9.95. The molecule has 0 fully saturated rings. The Balaban J connectivity index is 0.000000667. The number of aromatic nitrogens is 4. The summed E-state index contributed by atoms with van der Waals surface area (Å²) in [5, 5.41) is 49.6. The molecule has 10 atom stereocenters. The molecule has 0 aliphatic heterocycles. The van der Waals surface area contributed by atoms with Crippen LogP contribution >= 0.6 is 0 Å². The number of aromatic amines is 2. The Labute approximate surface area is 587 Å². The van der Waals surface area contributed by atoms with Crippen LogP contribution in [0, 0.1) is 23.7 Å². The van der Waals surface area contributed by atoms with Crippen molar-refractivity contribution in [2.45, 2.75) is 180 Å². The second kappa shape index (κ2) is 45.4. The van der Waals surface area contributed by atoms with Gasteiger partial charge in [0.1, 0.15) is 48.3 Å². The zero-order chi connectivity index (χ0) is 73.0. The number of hydrogen-bond acceptors (Lipinski definition) is 20. The Bertz CT molecular complexity index is 2960. The maximum Gasteiger partial charge on any atom is 2.00 e. The number of H-pyrrole nitrogens is 2. The summed E-state index contributed by atoms with van der Waals surface area (Å²) >= 11 is 0. The Hall–Kier alpha value is -9.14. The minimum absolute atomic E-state index is 0. The number of amides is 10. The maximum atomic E-state index is 13.7. The van der Waals surface area contributed by atoms with Crippen molar-refractivity contribution in [3.05, 3.63) is 108 Å². The molecule has 2 heterocycles. The number of carbonyl (C=O) groups excluding carboxylic acids is 12. The molecule has 1 radical (unpaired) electrons. The quantitative estimate of drug-likeness (QED) is 0.0147. The number of carbonyl (C=O) groups is 12. The molecule has 0 bridgehead atoms. The van der Waals surface area contributed by atoms with Crippen LogP contribution in [0.2, 0.25) is 0 Å². The first-order chi connectivity index (χ1) is 46.5. The van der Waals surface area contributed by atoms with Gasteiger partial charge in [0.15, 0.2) is 0 Å². The number of imidazole rings is 2. The van der Waals surface area contributed by atoms with E-state index in [1.54, 1.807) is 116 Å². The van der Waals surface area contributed by atoms with Gasteiger partial charge in [-0.1, -0.05) is 116 Å². The summed E-state index contributed by atoms with van der Waals surface area (Å²) in [7, 11) is 0. The van der Waals surface area contributed by atoms with E-state index in [2.05, 4.69) is 73.1 Å². The number of nitrogens with zero attached hydrogens (tertiary/aromatic N) is 2. The number of aliphatic carboxylic acids is 2. The third-order valence-corrected chi connectivity index (χ3v) is 15.6. The third kappa shape index (κ3) is 31.1. The molecule has 0 saturated heterocycles. The van der Waals surface area contributed by atoms with Crippen LogP contribution in [-0.4, -0.2) is 178 Å². The van der Waals surface area contributed by atoms with E-state index < -0.39 is 155 Å². The minimum Gasteiger partial charge on any atom is -0.548 e. The van der Waals surface area contributed by atoms with Crippen molar-refractivity contribution in [2.75, 3.05) is 26.2 Å².